The maximum atomic E-state index is 13.3. The number of ether oxygens (including phenoxy) is 1. The van der Waals surface area contributed by atoms with Crippen molar-refractivity contribution >= 4 is 40.4 Å². The van der Waals surface area contributed by atoms with Crippen molar-refractivity contribution in [1.29, 1.82) is 0 Å². The highest BCUT2D eigenvalue weighted by Gasteiger charge is 2.38. The van der Waals surface area contributed by atoms with E-state index in [1.807, 2.05) is 32.0 Å². The van der Waals surface area contributed by atoms with Crippen LogP contribution in [0.2, 0.25) is 5.02 Å². The van der Waals surface area contributed by atoms with E-state index in [9.17, 15) is 9.59 Å². The zero-order chi connectivity index (χ0) is 19.8. The number of nitrogens with zero attached hydrogens (tertiary/aromatic N) is 4. The Hall–Kier alpha value is -3.06. The van der Waals surface area contributed by atoms with Crippen molar-refractivity contribution in [3.05, 3.63) is 59.4 Å². The molecular formula is C20H19ClN4O3. The topological polar surface area (TPSA) is 67.7 Å². The molecule has 1 aliphatic heterocycles. The van der Waals surface area contributed by atoms with E-state index in [0.29, 0.717) is 27.6 Å². The van der Waals surface area contributed by atoms with Gasteiger partial charge in [-0.3, -0.25) is 5.01 Å². The molecule has 2 heterocycles. The number of anilines is 1. The second kappa shape index (κ2) is 7.16. The Kier molecular flexibility index (Phi) is 4.68. The standard InChI is InChI=1S/C20H19ClN4O3/c1-13(2)12-28-20(27)25-19(26)24-17-6-4-3-5-16(17)22-18(24)11-23(25)15-9-7-14(21)8-10-15/h3-10,13H,11-12H2,1-2H3. The van der Waals surface area contributed by atoms with Crippen LogP contribution in [0.4, 0.5) is 15.3 Å². The molecule has 0 atom stereocenters. The molecule has 3 aromatic rings. The van der Waals surface area contributed by atoms with Gasteiger partial charge in [-0.2, -0.15) is 0 Å². The zero-order valence-corrected chi connectivity index (χ0v) is 16.3. The van der Waals surface area contributed by atoms with Crippen LogP contribution in [0.25, 0.3) is 11.0 Å². The number of benzene rings is 2. The predicted molar refractivity (Wildman–Crippen MR) is 106 cm³/mol. The van der Waals surface area contributed by atoms with Crippen molar-refractivity contribution < 1.29 is 14.3 Å². The molecule has 4 rings (SSSR count). The molecule has 0 saturated heterocycles. The second-order valence-electron chi connectivity index (χ2n) is 6.95. The molecule has 7 nitrogen and oxygen atoms in total. The lowest BCUT2D eigenvalue weighted by molar-refractivity contribution is 0.0931. The van der Waals surface area contributed by atoms with Gasteiger partial charge in [0.25, 0.3) is 0 Å². The van der Waals surface area contributed by atoms with E-state index in [1.54, 1.807) is 35.3 Å². The summed E-state index contributed by atoms with van der Waals surface area (Å²) < 4.78 is 6.81. The fourth-order valence-electron chi connectivity index (χ4n) is 3.09. The summed E-state index contributed by atoms with van der Waals surface area (Å²) in [7, 11) is 0. The molecule has 0 aliphatic carbocycles. The number of carbonyl (C=O) groups excluding carboxylic acids is 2. The van der Waals surface area contributed by atoms with Crippen LogP contribution in [0.5, 0.6) is 0 Å². The molecule has 0 fully saturated rings. The van der Waals surface area contributed by atoms with Gasteiger partial charge < -0.3 is 4.74 Å². The maximum Gasteiger partial charge on any atom is 0.437 e. The Bertz CT molecular complexity index is 1050. The lowest BCUT2D eigenvalue weighted by Gasteiger charge is -2.37. The first-order valence-corrected chi connectivity index (χ1v) is 9.34. The summed E-state index contributed by atoms with van der Waals surface area (Å²) in [6.07, 6.45) is -0.725. The number of aromatic nitrogens is 2. The van der Waals surface area contributed by atoms with Crippen molar-refractivity contribution in [2.24, 2.45) is 5.92 Å². The third kappa shape index (κ3) is 3.18. The zero-order valence-electron chi connectivity index (χ0n) is 15.5. The minimum atomic E-state index is -0.725. The number of amides is 2. The van der Waals surface area contributed by atoms with Crippen LogP contribution in [0.1, 0.15) is 19.7 Å². The molecule has 2 amide bonds. The summed E-state index contributed by atoms with van der Waals surface area (Å²) in [5, 5.41) is 3.14. The van der Waals surface area contributed by atoms with Crippen molar-refractivity contribution in [1.82, 2.24) is 14.6 Å². The van der Waals surface area contributed by atoms with Gasteiger partial charge in [-0.05, 0) is 42.3 Å². The first-order chi connectivity index (χ1) is 13.5. The Morgan fingerprint density at radius 1 is 1.18 bits per heavy atom. The smallest absolute Gasteiger partial charge is 0.437 e. The van der Waals surface area contributed by atoms with E-state index in [1.165, 1.54) is 4.57 Å². The van der Waals surface area contributed by atoms with Crippen LogP contribution >= 0.6 is 11.6 Å². The third-order valence-electron chi connectivity index (χ3n) is 4.37. The van der Waals surface area contributed by atoms with Crippen molar-refractivity contribution in [2.75, 3.05) is 11.6 Å². The minimum absolute atomic E-state index is 0.150. The highest BCUT2D eigenvalue weighted by Crippen LogP contribution is 2.29. The van der Waals surface area contributed by atoms with E-state index in [4.69, 9.17) is 16.3 Å². The minimum Gasteiger partial charge on any atom is -0.448 e. The van der Waals surface area contributed by atoms with Gasteiger partial charge in [-0.25, -0.2) is 19.1 Å². The van der Waals surface area contributed by atoms with Gasteiger partial charge in [-0.1, -0.05) is 37.6 Å². The number of hydrogen-bond acceptors (Lipinski definition) is 5. The number of imide groups is 1. The highest BCUT2D eigenvalue weighted by molar-refractivity contribution is 6.30. The lowest BCUT2D eigenvalue weighted by atomic mass is 10.2. The molecule has 144 valence electrons. The number of hydrogen-bond donors (Lipinski definition) is 0. The Morgan fingerprint density at radius 2 is 1.89 bits per heavy atom. The summed E-state index contributed by atoms with van der Waals surface area (Å²) in [5.41, 5.74) is 1.98. The summed E-state index contributed by atoms with van der Waals surface area (Å²) >= 11 is 5.99. The monoisotopic (exact) mass is 398 g/mol. The van der Waals surface area contributed by atoms with Gasteiger partial charge in [0.05, 0.1) is 29.9 Å². The number of fused-ring (bicyclic) bond motifs is 3. The molecule has 0 spiro atoms. The van der Waals surface area contributed by atoms with Crippen molar-refractivity contribution in [3.63, 3.8) is 0 Å². The molecule has 1 aromatic heterocycles. The van der Waals surface area contributed by atoms with Gasteiger partial charge in [0, 0.05) is 5.02 Å². The fraction of sp³-hybridized carbons (Fsp3) is 0.250. The molecule has 28 heavy (non-hydrogen) atoms. The average molecular weight is 399 g/mol. The summed E-state index contributed by atoms with van der Waals surface area (Å²) in [6.45, 7) is 4.32. The third-order valence-corrected chi connectivity index (χ3v) is 4.63. The van der Waals surface area contributed by atoms with Crippen LogP contribution in [0.15, 0.2) is 48.5 Å². The average Bonchev–Trinajstić information content (AvgIpc) is 3.05. The molecule has 0 radical (unpaired) electrons. The van der Waals surface area contributed by atoms with E-state index in [0.717, 1.165) is 5.01 Å². The van der Waals surface area contributed by atoms with E-state index in [-0.39, 0.29) is 19.1 Å². The molecule has 0 bridgehead atoms. The van der Waals surface area contributed by atoms with Crippen LogP contribution in [-0.2, 0) is 11.3 Å². The van der Waals surface area contributed by atoms with Gasteiger partial charge in [-0.15, -0.1) is 5.01 Å². The lowest BCUT2D eigenvalue weighted by Crippen LogP contribution is -2.55. The van der Waals surface area contributed by atoms with Gasteiger partial charge in [0.1, 0.15) is 5.82 Å². The van der Waals surface area contributed by atoms with Gasteiger partial charge in [0.15, 0.2) is 0 Å². The number of para-hydroxylation sites is 2. The van der Waals surface area contributed by atoms with E-state index < -0.39 is 12.1 Å². The van der Waals surface area contributed by atoms with Crippen LogP contribution in [-0.4, -0.2) is 33.3 Å². The van der Waals surface area contributed by atoms with E-state index in [2.05, 4.69) is 4.98 Å². The van der Waals surface area contributed by atoms with Crippen molar-refractivity contribution in [2.45, 2.75) is 20.4 Å². The van der Waals surface area contributed by atoms with Crippen LogP contribution in [0.3, 0.4) is 0 Å². The molecule has 0 unspecified atom stereocenters. The van der Waals surface area contributed by atoms with E-state index >= 15 is 0 Å². The van der Waals surface area contributed by atoms with Crippen LogP contribution in [0, 0.1) is 5.92 Å². The fourth-order valence-corrected chi connectivity index (χ4v) is 3.22. The molecule has 2 aromatic carbocycles. The highest BCUT2D eigenvalue weighted by atomic mass is 35.5. The van der Waals surface area contributed by atoms with Gasteiger partial charge >= 0.3 is 12.1 Å². The quantitative estimate of drug-likeness (QED) is 0.640. The Morgan fingerprint density at radius 3 is 2.61 bits per heavy atom. The predicted octanol–water partition coefficient (Wildman–Crippen LogP) is 4.69. The SMILES string of the molecule is CC(C)COC(=O)N1C(=O)n2c(nc3ccccc32)CN1c1ccc(Cl)cc1. The van der Waals surface area contributed by atoms with Crippen LogP contribution < -0.4 is 5.01 Å². The molecule has 1 aliphatic rings. The van der Waals surface area contributed by atoms with Crippen molar-refractivity contribution in [3.8, 4) is 0 Å². The molecule has 8 heteroatoms. The number of hydrazine groups is 1. The number of carbonyl (C=O) groups is 2. The summed E-state index contributed by atoms with van der Waals surface area (Å²) in [6, 6.07) is 13.7. The number of imidazole rings is 1. The number of rotatable bonds is 3. The Labute approximate surface area is 167 Å². The number of halogens is 1. The first kappa shape index (κ1) is 18.3. The molecule has 0 saturated carbocycles. The summed E-state index contributed by atoms with van der Waals surface area (Å²) in [5.74, 6) is 0.700. The summed E-state index contributed by atoms with van der Waals surface area (Å²) in [4.78, 5) is 30.7. The molecule has 0 N–H and O–H groups in total. The normalized spacial score (nSPS) is 13.9. The Balaban J connectivity index is 1.80. The maximum absolute atomic E-state index is 13.3. The van der Waals surface area contributed by atoms with Gasteiger partial charge in [0.2, 0.25) is 0 Å². The molecular weight excluding hydrogens is 380 g/mol. The largest absolute Gasteiger partial charge is 0.448 e. The second-order valence-corrected chi connectivity index (χ2v) is 7.39. The first-order valence-electron chi connectivity index (χ1n) is 8.96.